The highest BCUT2D eigenvalue weighted by atomic mass is 16.5. The van der Waals surface area contributed by atoms with Crippen LogP contribution in [0.4, 0.5) is 0 Å². The van der Waals surface area contributed by atoms with E-state index in [0.29, 0.717) is 28.9 Å². The second kappa shape index (κ2) is 13.7. The lowest BCUT2D eigenvalue weighted by Gasteiger charge is -2.19. The molecule has 38 heavy (non-hydrogen) atoms. The fourth-order valence-electron chi connectivity index (χ4n) is 3.51. The van der Waals surface area contributed by atoms with Gasteiger partial charge in [-0.25, -0.2) is 0 Å². The number of fused-ring (bicyclic) bond motifs is 1. The number of aldehydes is 1. The van der Waals surface area contributed by atoms with E-state index < -0.39 is 17.9 Å². The third-order valence-corrected chi connectivity index (χ3v) is 5.83. The van der Waals surface area contributed by atoms with E-state index in [1.807, 2.05) is 39.0 Å². The van der Waals surface area contributed by atoms with Gasteiger partial charge in [0.05, 0.1) is 24.5 Å². The van der Waals surface area contributed by atoms with Gasteiger partial charge in [0, 0.05) is 17.6 Å². The Kier molecular flexibility index (Phi) is 11.0. The van der Waals surface area contributed by atoms with Gasteiger partial charge in [-0.05, 0) is 41.7 Å². The summed E-state index contributed by atoms with van der Waals surface area (Å²) < 4.78 is 16.4. The third-order valence-electron chi connectivity index (χ3n) is 5.83. The van der Waals surface area contributed by atoms with Crippen LogP contribution < -0.4 is 14.2 Å². The highest BCUT2D eigenvalue weighted by Gasteiger charge is 2.30. The molecular weight excluding hydrogens is 484 g/mol. The molecule has 2 aromatic rings. The van der Waals surface area contributed by atoms with E-state index >= 15 is 0 Å². The molecule has 1 unspecified atom stereocenters. The van der Waals surface area contributed by atoms with E-state index in [0.717, 1.165) is 11.8 Å². The monoisotopic (exact) mass is 522 g/mol. The first kappa shape index (κ1) is 30.5. The molecule has 0 aliphatic heterocycles. The number of rotatable bonds is 7. The summed E-state index contributed by atoms with van der Waals surface area (Å²) in [4.78, 5) is 47.9. The first-order chi connectivity index (χ1) is 17.9. The maximum atomic E-state index is 13.8. The van der Waals surface area contributed by atoms with Crippen LogP contribution in [0.15, 0.2) is 42.5 Å². The number of ether oxygens (including phenoxy) is 3. The summed E-state index contributed by atoms with van der Waals surface area (Å²) in [6.07, 6.45) is 3.42. The first-order valence-corrected chi connectivity index (χ1v) is 12.8. The Balaban J connectivity index is 0.000000926. The van der Waals surface area contributed by atoms with Crippen molar-refractivity contribution in [3.63, 3.8) is 0 Å². The number of methoxy groups -OCH3 is 1. The number of allylic oxidation sites excluding steroid dienone is 2. The van der Waals surface area contributed by atoms with E-state index in [-0.39, 0.29) is 35.0 Å². The summed E-state index contributed by atoms with van der Waals surface area (Å²) >= 11 is 0. The molecule has 3 rings (SSSR count). The van der Waals surface area contributed by atoms with Gasteiger partial charge in [0.1, 0.15) is 23.5 Å². The lowest BCUT2D eigenvalue weighted by atomic mass is 9.91. The summed E-state index contributed by atoms with van der Waals surface area (Å²) in [5.41, 5.74) is 2.27. The van der Waals surface area contributed by atoms with Gasteiger partial charge in [-0.3, -0.25) is 14.4 Å². The second-order valence-corrected chi connectivity index (χ2v) is 10.2. The molecule has 0 bridgehead atoms. The van der Waals surface area contributed by atoms with E-state index in [9.17, 15) is 19.2 Å². The molecule has 7 heteroatoms. The Bertz CT molecular complexity index is 1190. The van der Waals surface area contributed by atoms with Crippen molar-refractivity contribution in [3.8, 4) is 17.2 Å². The molecule has 0 amide bonds. The summed E-state index contributed by atoms with van der Waals surface area (Å²) in [6.45, 7) is 12.6. The van der Waals surface area contributed by atoms with Crippen molar-refractivity contribution in [1.82, 2.24) is 0 Å². The van der Waals surface area contributed by atoms with Crippen LogP contribution in [0.1, 0.15) is 82.3 Å². The Morgan fingerprint density at radius 3 is 1.95 bits per heavy atom. The predicted octanol–water partition coefficient (Wildman–Crippen LogP) is 6.43. The number of benzene rings is 2. The lowest BCUT2D eigenvalue weighted by molar-refractivity contribution is -0.138. The Morgan fingerprint density at radius 2 is 1.45 bits per heavy atom. The minimum Gasteiger partial charge on any atom is -0.497 e. The SMILES string of the molecule is CC(C)C=O.COc1ccc(C2=CCC(C)c3cc(OC(=O)C(C)C)cc(OC(=O)C(C)C)c3C2=O)cc1. The van der Waals surface area contributed by atoms with Crippen LogP contribution in [-0.4, -0.2) is 31.1 Å². The minimum absolute atomic E-state index is 0.0612. The smallest absolute Gasteiger partial charge is 0.313 e. The zero-order valence-corrected chi connectivity index (χ0v) is 23.5. The van der Waals surface area contributed by atoms with Crippen LogP contribution in [0.3, 0.4) is 0 Å². The number of carbonyl (C=O) groups is 4. The number of carbonyl (C=O) groups excluding carboxylic acids is 4. The molecule has 7 nitrogen and oxygen atoms in total. The summed E-state index contributed by atoms with van der Waals surface area (Å²) in [5.74, 6) is -0.633. The summed E-state index contributed by atoms with van der Waals surface area (Å²) in [7, 11) is 1.59. The molecular formula is C31H38O7. The zero-order chi connectivity index (χ0) is 28.6. The molecule has 0 spiro atoms. The van der Waals surface area contributed by atoms with Crippen LogP contribution in [0.5, 0.6) is 17.2 Å². The first-order valence-electron chi connectivity index (χ1n) is 12.8. The minimum atomic E-state index is -0.468. The molecule has 0 saturated heterocycles. The topological polar surface area (TPSA) is 96.0 Å². The van der Waals surface area contributed by atoms with Crippen molar-refractivity contribution in [2.75, 3.05) is 7.11 Å². The Hall–Kier alpha value is -3.74. The van der Waals surface area contributed by atoms with E-state index in [1.54, 1.807) is 53.0 Å². The molecule has 0 heterocycles. The fourth-order valence-corrected chi connectivity index (χ4v) is 3.51. The molecule has 1 aliphatic carbocycles. The Labute approximate surface area is 225 Å². The van der Waals surface area contributed by atoms with Crippen LogP contribution in [0.25, 0.3) is 5.57 Å². The predicted molar refractivity (Wildman–Crippen MR) is 147 cm³/mol. The molecule has 0 saturated carbocycles. The lowest BCUT2D eigenvalue weighted by Crippen LogP contribution is -2.19. The zero-order valence-electron chi connectivity index (χ0n) is 23.5. The number of Topliss-reactive ketones (excluding diaryl/α,β-unsaturated/α-hetero) is 1. The molecule has 0 fully saturated rings. The fraction of sp³-hybridized carbons (Fsp3) is 0.419. The molecule has 1 atom stereocenters. The normalized spacial score (nSPS) is 14.7. The highest BCUT2D eigenvalue weighted by molar-refractivity contribution is 6.30. The summed E-state index contributed by atoms with van der Waals surface area (Å²) in [6, 6.07) is 10.4. The van der Waals surface area contributed by atoms with E-state index in [4.69, 9.17) is 14.2 Å². The van der Waals surface area contributed by atoms with Crippen molar-refractivity contribution < 1.29 is 33.4 Å². The van der Waals surface area contributed by atoms with Gasteiger partial charge in [-0.2, -0.15) is 0 Å². The number of hydrogen-bond acceptors (Lipinski definition) is 7. The van der Waals surface area contributed by atoms with Crippen molar-refractivity contribution in [2.24, 2.45) is 17.8 Å². The number of esters is 2. The molecule has 204 valence electrons. The molecule has 0 radical (unpaired) electrons. The van der Waals surface area contributed by atoms with E-state index in [1.165, 1.54) is 6.07 Å². The van der Waals surface area contributed by atoms with E-state index in [2.05, 4.69) is 0 Å². The second-order valence-electron chi connectivity index (χ2n) is 10.2. The third kappa shape index (κ3) is 7.88. The van der Waals surface area contributed by atoms with Crippen molar-refractivity contribution in [2.45, 2.75) is 60.8 Å². The van der Waals surface area contributed by atoms with Gasteiger partial charge in [0.2, 0.25) is 0 Å². The maximum Gasteiger partial charge on any atom is 0.313 e. The van der Waals surface area contributed by atoms with Gasteiger partial charge in [-0.15, -0.1) is 0 Å². The summed E-state index contributed by atoms with van der Waals surface area (Å²) in [5, 5.41) is 0. The molecule has 0 N–H and O–H groups in total. The maximum absolute atomic E-state index is 13.8. The van der Waals surface area contributed by atoms with Gasteiger partial charge in [0.15, 0.2) is 5.78 Å². The van der Waals surface area contributed by atoms with Crippen LogP contribution >= 0.6 is 0 Å². The van der Waals surface area contributed by atoms with Crippen LogP contribution in [0, 0.1) is 17.8 Å². The number of ketones is 1. The quantitative estimate of drug-likeness (QED) is 0.235. The molecule has 1 aliphatic rings. The molecule has 0 aromatic heterocycles. The highest BCUT2D eigenvalue weighted by Crippen LogP contribution is 2.41. The average molecular weight is 523 g/mol. The molecule has 2 aromatic carbocycles. The van der Waals surface area contributed by atoms with Crippen molar-refractivity contribution >= 4 is 29.6 Å². The van der Waals surface area contributed by atoms with Gasteiger partial charge < -0.3 is 19.0 Å². The standard InChI is InChI=1S/C27H30O6.C4H8O/c1-15(2)26(29)32-20-13-22-17(5)7-12-21(18-8-10-19(31-6)11-9-18)25(28)24(22)23(14-20)33-27(30)16(3)4;1-4(2)3-5/h8-17H,7H2,1-6H3;3-4H,1-2H3. The van der Waals surface area contributed by atoms with Crippen molar-refractivity contribution in [1.29, 1.82) is 0 Å². The van der Waals surface area contributed by atoms with Gasteiger partial charge in [0.25, 0.3) is 0 Å². The number of hydrogen-bond donors (Lipinski definition) is 0. The van der Waals surface area contributed by atoms with Crippen LogP contribution in [0.2, 0.25) is 0 Å². The Morgan fingerprint density at radius 1 is 0.895 bits per heavy atom. The van der Waals surface area contributed by atoms with Crippen molar-refractivity contribution in [3.05, 3.63) is 59.2 Å². The van der Waals surface area contributed by atoms with Crippen LogP contribution in [-0.2, 0) is 14.4 Å². The average Bonchev–Trinajstić information content (AvgIpc) is 3.00. The van der Waals surface area contributed by atoms with Gasteiger partial charge in [-0.1, -0.05) is 66.7 Å². The van der Waals surface area contributed by atoms with Gasteiger partial charge >= 0.3 is 11.9 Å². The largest absolute Gasteiger partial charge is 0.497 e.